The molecule has 2 aromatic rings. The molecule has 22 heavy (non-hydrogen) atoms. The van der Waals surface area contributed by atoms with E-state index in [1.54, 1.807) is 6.20 Å². The Hall–Kier alpha value is -1.79. The van der Waals surface area contributed by atoms with Crippen molar-refractivity contribution in [2.45, 2.75) is 31.3 Å². The number of carbonyl (C=O) groups is 1. The van der Waals surface area contributed by atoms with Crippen molar-refractivity contribution in [3.63, 3.8) is 0 Å². The van der Waals surface area contributed by atoms with Crippen LogP contribution in [0.4, 0.5) is 0 Å². The normalized spacial score (nSPS) is 20.7. The molecule has 116 valence electrons. The minimum Gasteiger partial charge on any atom is -0.353 e. The number of amides is 1. The number of pyridine rings is 1. The molecular weight excluding hydrogens is 296 g/mol. The highest BCUT2D eigenvalue weighted by Gasteiger charge is 2.31. The van der Waals surface area contributed by atoms with Gasteiger partial charge >= 0.3 is 0 Å². The van der Waals surface area contributed by atoms with Crippen LogP contribution in [0, 0.1) is 0 Å². The van der Waals surface area contributed by atoms with E-state index >= 15 is 0 Å². The first-order chi connectivity index (χ1) is 10.6. The summed E-state index contributed by atoms with van der Waals surface area (Å²) in [6.07, 6.45) is 4.16. The van der Waals surface area contributed by atoms with Crippen molar-refractivity contribution in [2.24, 2.45) is 0 Å². The monoisotopic (exact) mass is 316 g/mol. The Bertz CT molecular complexity index is 635. The maximum atomic E-state index is 12.1. The van der Waals surface area contributed by atoms with E-state index in [1.807, 2.05) is 23.6 Å². The summed E-state index contributed by atoms with van der Waals surface area (Å²) in [5.41, 5.74) is 1.67. The molecule has 3 rings (SSSR count). The van der Waals surface area contributed by atoms with Gasteiger partial charge in [-0.3, -0.25) is 9.78 Å². The summed E-state index contributed by atoms with van der Waals surface area (Å²) in [5, 5.41) is 5.88. The molecular formula is C16H20N4OS. The molecule has 2 aromatic heterocycles. The van der Waals surface area contributed by atoms with Crippen LogP contribution in [0.2, 0.25) is 0 Å². The highest BCUT2D eigenvalue weighted by molar-refractivity contribution is 7.13. The van der Waals surface area contributed by atoms with Crippen molar-refractivity contribution < 1.29 is 4.79 Å². The van der Waals surface area contributed by atoms with Crippen LogP contribution in [0.25, 0.3) is 10.7 Å². The molecule has 0 saturated heterocycles. The second kappa shape index (κ2) is 6.54. The van der Waals surface area contributed by atoms with E-state index < -0.39 is 0 Å². The lowest BCUT2D eigenvalue weighted by atomic mass is 9.86. The Morgan fingerprint density at radius 1 is 1.41 bits per heavy atom. The molecule has 0 bridgehead atoms. The fraction of sp³-hybridized carbons (Fsp3) is 0.438. The van der Waals surface area contributed by atoms with Gasteiger partial charge < -0.3 is 10.2 Å². The standard InChI is InChI=1S/C16H20N4OS/c1-20(2)13-7-11(8-13)18-15(21)9-12-10-22-16(19-12)14-5-3-4-6-17-14/h3-6,10-11,13H,7-9H2,1-2H3,(H,18,21). The summed E-state index contributed by atoms with van der Waals surface area (Å²) in [7, 11) is 4.16. The van der Waals surface area contributed by atoms with Gasteiger partial charge in [0.25, 0.3) is 0 Å². The van der Waals surface area contributed by atoms with Gasteiger partial charge in [0.05, 0.1) is 17.8 Å². The van der Waals surface area contributed by atoms with E-state index in [1.165, 1.54) is 11.3 Å². The highest BCUT2D eigenvalue weighted by Crippen LogP contribution is 2.24. The summed E-state index contributed by atoms with van der Waals surface area (Å²) >= 11 is 1.53. The molecule has 0 atom stereocenters. The molecule has 0 spiro atoms. The number of hydrogen-bond donors (Lipinski definition) is 1. The predicted octanol–water partition coefficient (Wildman–Crippen LogP) is 1.96. The van der Waals surface area contributed by atoms with Crippen molar-refractivity contribution in [1.29, 1.82) is 0 Å². The quantitative estimate of drug-likeness (QED) is 0.916. The number of thiazole rings is 1. The van der Waals surface area contributed by atoms with Gasteiger partial charge in [-0.1, -0.05) is 6.07 Å². The summed E-state index contributed by atoms with van der Waals surface area (Å²) in [5.74, 6) is 0.0556. The molecule has 6 heteroatoms. The number of carbonyl (C=O) groups excluding carboxylic acids is 1. The van der Waals surface area contributed by atoms with Crippen LogP contribution in [0.3, 0.4) is 0 Å². The van der Waals surface area contributed by atoms with Crippen LogP contribution in [0.15, 0.2) is 29.8 Å². The van der Waals surface area contributed by atoms with Crippen molar-refractivity contribution in [2.75, 3.05) is 14.1 Å². The molecule has 0 aromatic carbocycles. The van der Waals surface area contributed by atoms with Gasteiger partial charge in [0, 0.05) is 23.7 Å². The summed E-state index contributed by atoms with van der Waals surface area (Å²) in [4.78, 5) is 23.1. The van der Waals surface area contributed by atoms with Crippen molar-refractivity contribution in [3.8, 4) is 10.7 Å². The lowest BCUT2D eigenvalue weighted by molar-refractivity contribution is -0.122. The van der Waals surface area contributed by atoms with E-state index in [2.05, 4.69) is 34.3 Å². The topological polar surface area (TPSA) is 58.1 Å². The second-order valence-electron chi connectivity index (χ2n) is 5.89. The SMILES string of the molecule is CN(C)C1CC(NC(=O)Cc2csc(-c3ccccn3)n2)C1. The van der Waals surface area contributed by atoms with Crippen molar-refractivity contribution >= 4 is 17.2 Å². The second-order valence-corrected chi connectivity index (χ2v) is 6.75. The molecule has 1 aliphatic rings. The van der Waals surface area contributed by atoms with Crippen LogP contribution >= 0.6 is 11.3 Å². The molecule has 2 heterocycles. The Labute approximate surface area is 134 Å². The van der Waals surface area contributed by atoms with Crippen LogP contribution in [0.5, 0.6) is 0 Å². The molecule has 5 nitrogen and oxygen atoms in total. The smallest absolute Gasteiger partial charge is 0.226 e. The maximum Gasteiger partial charge on any atom is 0.226 e. The minimum atomic E-state index is 0.0556. The first-order valence-corrected chi connectivity index (χ1v) is 8.31. The fourth-order valence-corrected chi connectivity index (χ4v) is 3.36. The Balaban J connectivity index is 1.52. The Morgan fingerprint density at radius 3 is 2.91 bits per heavy atom. The fourth-order valence-electron chi connectivity index (χ4n) is 2.57. The third-order valence-corrected chi connectivity index (χ3v) is 4.90. The van der Waals surface area contributed by atoms with Crippen molar-refractivity contribution in [1.82, 2.24) is 20.2 Å². The Morgan fingerprint density at radius 2 is 2.23 bits per heavy atom. The molecule has 0 radical (unpaired) electrons. The van der Waals surface area contributed by atoms with E-state index in [0.29, 0.717) is 18.5 Å². The number of nitrogens with one attached hydrogen (secondary N) is 1. The van der Waals surface area contributed by atoms with Gasteiger partial charge in [-0.15, -0.1) is 11.3 Å². The van der Waals surface area contributed by atoms with Crippen LogP contribution in [0.1, 0.15) is 18.5 Å². The van der Waals surface area contributed by atoms with Gasteiger partial charge in [0.1, 0.15) is 5.01 Å². The molecule has 0 unspecified atom stereocenters. The summed E-state index contributed by atoms with van der Waals surface area (Å²) in [6, 6.07) is 6.66. The maximum absolute atomic E-state index is 12.1. The molecule has 1 aliphatic carbocycles. The Kier molecular flexibility index (Phi) is 4.49. The average molecular weight is 316 g/mol. The molecule has 1 fully saturated rings. The zero-order valence-electron chi connectivity index (χ0n) is 12.8. The van der Waals surface area contributed by atoms with Crippen LogP contribution in [-0.4, -0.2) is 47.0 Å². The number of aromatic nitrogens is 2. The van der Waals surface area contributed by atoms with Crippen LogP contribution < -0.4 is 5.32 Å². The lowest BCUT2D eigenvalue weighted by Crippen LogP contribution is -2.52. The molecule has 0 aliphatic heterocycles. The third kappa shape index (κ3) is 3.51. The highest BCUT2D eigenvalue weighted by atomic mass is 32.1. The first kappa shape index (κ1) is 15.1. The number of rotatable bonds is 5. The van der Waals surface area contributed by atoms with Crippen LogP contribution in [-0.2, 0) is 11.2 Å². The first-order valence-electron chi connectivity index (χ1n) is 7.43. The van der Waals surface area contributed by atoms with Gasteiger partial charge in [0.2, 0.25) is 5.91 Å². The minimum absolute atomic E-state index is 0.0556. The third-order valence-electron chi connectivity index (χ3n) is 3.99. The summed E-state index contributed by atoms with van der Waals surface area (Å²) in [6.45, 7) is 0. The number of nitrogens with zero attached hydrogens (tertiary/aromatic N) is 3. The van der Waals surface area contributed by atoms with E-state index in [9.17, 15) is 4.79 Å². The van der Waals surface area contributed by atoms with E-state index in [0.717, 1.165) is 29.2 Å². The number of hydrogen-bond acceptors (Lipinski definition) is 5. The molecule has 1 saturated carbocycles. The zero-order chi connectivity index (χ0) is 15.5. The van der Waals surface area contributed by atoms with Crippen molar-refractivity contribution in [3.05, 3.63) is 35.5 Å². The predicted molar refractivity (Wildman–Crippen MR) is 87.7 cm³/mol. The summed E-state index contributed by atoms with van der Waals surface area (Å²) < 4.78 is 0. The van der Waals surface area contributed by atoms with Gasteiger partial charge in [-0.05, 0) is 39.1 Å². The van der Waals surface area contributed by atoms with Gasteiger partial charge in [-0.25, -0.2) is 4.98 Å². The van der Waals surface area contributed by atoms with E-state index in [-0.39, 0.29) is 5.91 Å². The zero-order valence-corrected chi connectivity index (χ0v) is 13.6. The average Bonchev–Trinajstić information content (AvgIpc) is 2.91. The van der Waals surface area contributed by atoms with Gasteiger partial charge in [-0.2, -0.15) is 0 Å². The molecule has 1 N–H and O–H groups in total. The van der Waals surface area contributed by atoms with E-state index in [4.69, 9.17) is 0 Å². The molecule has 1 amide bonds. The largest absolute Gasteiger partial charge is 0.353 e. The lowest BCUT2D eigenvalue weighted by Gasteiger charge is -2.39. The van der Waals surface area contributed by atoms with Gasteiger partial charge in [0.15, 0.2) is 0 Å².